The van der Waals surface area contributed by atoms with Crippen LogP contribution in [-0.2, 0) is 4.84 Å². The summed E-state index contributed by atoms with van der Waals surface area (Å²) >= 11 is 0. The number of benzene rings is 1. The lowest BCUT2D eigenvalue weighted by Gasteiger charge is -2.26. The number of hydrogen-bond acceptors (Lipinski definition) is 6. The van der Waals surface area contributed by atoms with Crippen LogP contribution in [0.4, 0.5) is 18.9 Å². The molecule has 2 heterocycles. The van der Waals surface area contributed by atoms with Gasteiger partial charge in [-0.25, -0.2) is 18.2 Å². The number of nitrogens with one attached hydrogen (secondary N) is 1. The average molecular weight is 498 g/mol. The van der Waals surface area contributed by atoms with Crippen LogP contribution in [0.5, 0.6) is 0 Å². The van der Waals surface area contributed by atoms with Gasteiger partial charge >= 0.3 is 0 Å². The van der Waals surface area contributed by atoms with E-state index < -0.39 is 34.6 Å². The molecule has 1 aromatic carbocycles. The molecule has 0 aliphatic heterocycles. The summed E-state index contributed by atoms with van der Waals surface area (Å²) in [5.74, 6) is -3.56. The maximum absolute atomic E-state index is 14.4. The van der Waals surface area contributed by atoms with Crippen molar-refractivity contribution < 1.29 is 22.8 Å². The predicted octanol–water partition coefficient (Wildman–Crippen LogP) is 5.19. The number of oxime groups is 1. The second kappa shape index (κ2) is 11.3. The van der Waals surface area contributed by atoms with Crippen molar-refractivity contribution in [3.05, 3.63) is 77.5 Å². The average Bonchev–Trinajstić information content (AvgIpc) is 2.85. The SMILES string of the molecule is CO/N=C1\CCCC[C@@H](c2ccncc2NC(=O)c2ccc(F)c(-c3c(F)cccc3F)n2)C[C@H]1N. The Morgan fingerprint density at radius 3 is 2.64 bits per heavy atom. The van der Waals surface area contributed by atoms with Gasteiger partial charge < -0.3 is 15.9 Å². The molecule has 1 aliphatic carbocycles. The van der Waals surface area contributed by atoms with E-state index in [1.54, 1.807) is 6.20 Å². The molecule has 188 valence electrons. The minimum atomic E-state index is -0.981. The largest absolute Gasteiger partial charge is 0.399 e. The van der Waals surface area contributed by atoms with Gasteiger partial charge in [0.05, 0.1) is 23.2 Å². The van der Waals surface area contributed by atoms with Crippen LogP contribution < -0.4 is 11.1 Å². The van der Waals surface area contributed by atoms with Gasteiger partial charge in [0, 0.05) is 12.2 Å². The van der Waals surface area contributed by atoms with E-state index >= 15 is 0 Å². The Morgan fingerprint density at radius 2 is 1.89 bits per heavy atom. The summed E-state index contributed by atoms with van der Waals surface area (Å²) in [4.78, 5) is 26.1. The Kier molecular flexibility index (Phi) is 7.94. The second-order valence-corrected chi connectivity index (χ2v) is 8.59. The quantitative estimate of drug-likeness (QED) is 0.472. The van der Waals surface area contributed by atoms with E-state index in [9.17, 15) is 18.0 Å². The Balaban J connectivity index is 1.61. The van der Waals surface area contributed by atoms with Crippen LogP contribution in [-0.4, -0.2) is 34.7 Å². The Hall–Kier alpha value is -3.79. The number of anilines is 1. The highest BCUT2D eigenvalue weighted by Gasteiger charge is 2.25. The molecule has 0 bridgehead atoms. The van der Waals surface area contributed by atoms with Gasteiger partial charge in [0.25, 0.3) is 5.91 Å². The standard InChI is InChI=1S/C26H26F3N5O2/c1-36-34-21-8-3-2-5-15(13-20(21)30)16-11-12-31-14-23(16)33-26(35)22-10-9-19(29)25(32-22)24-17(27)6-4-7-18(24)28/h4,6-7,9-12,14-15,20H,2-3,5,8,13,30H2,1H3,(H,33,35)/b34-21+/t15-,20-/m1/s1. The van der Waals surface area contributed by atoms with Crippen molar-refractivity contribution in [3.63, 3.8) is 0 Å². The molecule has 1 aliphatic rings. The van der Waals surface area contributed by atoms with Crippen molar-refractivity contribution in [1.29, 1.82) is 0 Å². The molecule has 0 saturated heterocycles. The Morgan fingerprint density at radius 1 is 1.11 bits per heavy atom. The van der Waals surface area contributed by atoms with Crippen molar-refractivity contribution in [2.45, 2.75) is 44.1 Å². The van der Waals surface area contributed by atoms with Crippen molar-refractivity contribution in [1.82, 2.24) is 9.97 Å². The lowest BCUT2D eigenvalue weighted by atomic mass is 9.83. The van der Waals surface area contributed by atoms with E-state index in [1.165, 1.54) is 13.3 Å². The first-order chi connectivity index (χ1) is 17.4. The molecule has 3 aromatic rings. The fourth-order valence-electron chi connectivity index (χ4n) is 4.48. The minimum absolute atomic E-state index is 0.0184. The van der Waals surface area contributed by atoms with E-state index in [0.29, 0.717) is 12.1 Å². The van der Waals surface area contributed by atoms with Crippen LogP contribution in [0.1, 0.15) is 54.1 Å². The van der Waals surface area contributed by atoms with Crippen LogP contribution in [0, 0.1) is 17.5 Å². The predicted molar refractivity (Wildman–Crippen MR) is 130 cm³/mol. The van der Waals surface area contributed by atoms with Gasteiger partial charge in [0.15, 0.2) is 0 Å². The number of aromatic nitrogens is 2. The van der Waals surface area contributed by atoms with Crippen LogP contribution in [0.2, 0.25) is 0 Å². The monoisotopic (exact) mass is 497 g/mol. The molecule has 0 spiro atoms. The molecule has 3 N–H and O–H groups in total. The summed E-state index contributed by atoms with van der Waals surface area (Å²) in [6, 6.07) is 6.79. The molecular weight excluding hydrogens is 471 g/mol. The first-order valence-electron chi connectivity index (χ1n) is 11.6. The van der Waals surface area contributed by atoms with E-state index in [1.807, 2.05) is 6.07 Å². The zero-order chi connectivity index (χ0) is 25.7. The highest BCUT2D eigenvalue weighted by Crippen LogP contribution is 2.34. The van der Waals surface area contributed by atoms with Gasteiger partial charge in [-0.2, -0.15) is 0 Å². The fraction of sp³-hybridized carbons (Fsp3) is 0.308. The second-order valence-electron chi connectivity index (χ2n) is 8.59. The zero-order valence-electron chi connectivity index (χ0n) is 19.7. The van der Waals surface area contributed by atoms with E-state index in [0.717, 1.165) is 67.3 Å². The summed E-state index contributed by atoms with van der Waals surface area (Å²) < 4.78 is 42.9. The zero-order valence-corrected chi connectivity index (χ0v) is 19.7. The third-order valence-corrected chi connectivity index (χ3v) is 6.23. The third-order valence-electron chi connectivity index (χ3n) is 6.23. The van der Waals surface area contributed by atoms with Gasteiger partial charge in [-0.1, -0.05) is 17.6 Å². The van der Waals surface area contributed by atoms with Gasteiger partial charge in [-0.05, 0) is 67.5 Å². The molecule has 2 atom stereocenters. The molecule has 2 aromatic heterocycles. The van der Waals surface area contributed by atoms with E-state index in [4.69, 9.17) is 10.6 Å². The number of nitrogens with zero attached hydrogens (tertiary/aromatic N) is 3. The molecular formula is C26H26F3N5O2. The number of carbonyl (C=O) groups is 1. The number of rotatable bonds is 5. The summed E-state index contributed by atoms with van der Waals surface area (Å²) in [5.41, 5.74) is 7.07. The molecule has 0 unspecified atom stereocenters. The minimum Gasteiger partial charge on any atom is -0.399 e. The van der Waals surface area contributed by atoms with Gasteiger partial charge in [0.1, 0.15) is 35.9 Å². The topological polar surface area (TPSA) is 102 Å². The van der Waals surface area contributed by atoms with E-state index in [2.05, 4.69) is 20.4 Å². The van der Waals surface area contributed by atoms with Crippen LogP contribution >= 0.6 is 0 Å². The highest BCUT2D eigenvalue weighted by molar-refractivity contribution is 6.03. The smallest absolute Gasteiger partial charge is 0.274 e. The van der Waals surface area contributed by atoms with Gasteiger partial charge in [-0.15, -0.1) is 0 Å². The summed E-state index contributed by atoms with van der Waals surface area (Å²) in [6.07, 6.45) is 7.22. The number of pyridine rings is 2. The summed E-state index contributed by atoms with van der Waals surface area (Å²) in [5, 5.41) is 6.84. The van der Waals surface area contributed by atoms with Crippen LogP contribution in [0.25, 0.3) is 11.3 Å². The first kappa shape index (κ1) is 25.3. The van der Waals surface area contributed by atoms with Gasteiger partial charge in [-0.3, -0.25) is 9.78 Å². The fourth-order valence-corrected chi connectivity index (χ4v) is 4.48. The molecule has 1 fully saturated rings. The van der Waals surface area contributed by atoms with Crippen molar-refractivity contribution in [2.75, 3.05) is 12.4 Å². The normalized spacial score (nSPS) is 19.4. The summed E-state index contributed by atoms with van der Waals surface area (Å²) in [7, 11) is 1.49. The van der Waals surface area contributed by atoms with Gasteiger partial charge in [0.2, 0.25) is 0 Å². The number of nitrogens with two attached hydrogens (primary N) is 1. The van der Waals surface area contributed by atoms with E-state index in [-0.39, 0.29) is 17.7 Å². The first-order valence-corrected chi connectivity index (χ1v) is 11.6. The molecule has 1 saturated carbocycles. The Bertz CT molecular complexity index is 1260. The number of amides is 1. The Labute approximate surface area is 206 Å². The third kappa shape index (κ3) is 5.54. The van der Waals surface area contributed by atoms with Crippen molar-refractivity contribution in [2.24, 2.45) is 10.9 Å². The lowest BCUT2D eigenvalue weighted by molar-refractivity contribution is 0.102. The van der Waals surface area contributed by atoms with Crippen molar-refractivity contribution in [3.8, 4) is 11.3 Å². The molecule has 4 rings (SSSR count). The van der Waals surface area contributed by atoms with Crippen molar-refractivity contribution >= 4 is 17.3 Å². The number of carbonyl (C=O) groups excluding carboxylic acids is 1. The molecule has 1 amide bonds. The maximum Gasteiger partial charge on any atom is 0.274 e. The molecule has 0 radical (unpaired) electrons. The molecule has 7 nitrogen and oxygen atoms in total. The van der Waals surface area contributed by atoms with Crippen LogP contribution in [0.15, 0.2) is 53.9 Å². The highest BCUT2D eigenvalue weighted by atomic mass is 19.1. The summed E-state index contributed by atoms with van der Waals surface area (Å²) in [6.45, 7) is 0. The number of halogens is 3. The molecule has 10 heteroatoms. The maximum atomic E-state index is 14.4. The molecule has 36 heavy (non-hydrogen) atoms. The van der Waals surface area contributed by atoms with Crippen LogP contribution in [0.3, 0.4) is 0 Å². The number of hydrogen-bond donors (Lipinski definition) is 2. The lowest BCUT2D eigenvalue weighted by Crippen LogP contribution is -2.34.